The molecule has 3 aliphatic rings. The molecule has 3 aliphatic heterocycles. The molecule has 12 nitrogen and oxygen atoms in total. The Kier molecular flexibility index (Phi) is 10.7. The van der Waals surface area contributed by atoms with Crippen LogP contribution in [0.15, 0.2) is 121 Å². The predicted molar refractivity (Wildman–Crippen MR) is 200 cm³/mol. The highest BCUT2D eigenvalue weighted by molar-refractivity contribution is 5.95. The monoisotopic (exact) mass is 786 g/mol. The van der Waals surface area contributed by atoms with Crippen molar-refractivity contribution in [2.75, 3.05) is 33.9 Å². The first-order valence-corrected chi connectivity index (χ1v) is 18.1. The average Bonchev–Trinajstić information content (AvgIpc) is 3.36. The molecule has 0 spiro atoms. The van der Waals surface area contributed by atoms with Crippen LogP contribution in [-0.4, -0.2) is 96.9 Å². The van der Waals surface area contributed by atoms with Gasteiger partial charge in [0.2, 0.25) is 0 Å². The Morgan fingerprint density at radius 1 is 0.877 bits per heavy atom. The molecule has 4 aromatic carbocycles. The number of nitrogens with one attached hydrogen (secondary N) is 2. The van der Waals surface area contributed by atoms with E-state index in [0.29, 0.717) is 44.2 Å². The number of hydrogen-bond donors (Lipinski definition) is 3. The first-order chi connectivity index (χ1) is 27.3. The normalized spacial score (nSPS) is 23.4. The zero-order valence-electron chi connectivity index (χ0n) is 31.2. The molecule has 298 valence electrons. The molecule has 3 heterocycles. The fraction of sp³-hybridized carbons (Fsp3) is 0.310. The number of ether oxygens (including phenoxy) is 4. The Hall–Kier alpha value is -5.90. The number of rotatable bonds is 11. The van der Waals surface area contributed by atoms with E-state index in [1.54, 1.807) is 85.8 Å². The lowest BCUT2D eigenvalue weighted by Crippen LogP contribution is -2.63. The highest BCUT2D eigenvalue weighted by Crippen LogP contribution is 2.48. The summed E-state index contributed by atoms with van der Waals surface area (Å²) >= 11 is 0. The van der Waals surface area contributed by atoms with E-state index in [2.05, 4.69) is 10.6 Å². The van der Waals surface area contributed by atoms with Crippen molar-refractivity contribution in [3.8, 4) is 11.5 Å². The summed E-state index contributed by atoms with van der Waals surface area (Å²) in [6, 6.07) is 30.9. The van der Waals surface area contributed by atoms with Crippen LogP contribution in [0.3, 0.4) is 0 Å². The molecule has 2 fully saturated rings. The molecule has 4 amide bonds. The number of methoxy groups -OCH3 is 2. The summed E-state index contributed by atoms with van der Waals surface area (Å²) in [5, 5.41) is 17.5. The number of halogens is 3. The molecule has 4 aromatic rings. The van der Waals surface area contributed by atoms with E-state index in [4.69, 9.17) is 18.9 Å². The van der Waals surface area contributed by atoms with E-state index in [-0.39, 0.29) is 0 Å². The van der Waals surface area contributed by atoms with Gasteiger partial charge in [-0.1, -0.05) is 72.8 Å². The largest absolute Gasteiger partial charge is 0.497 e. The van der Waals surface area contributed by atoms with Gasteiger partial charge in [0.1, 0.15) is 35.1 Å². The molecule has 3 N–H and O–H groups in total. The smallest absolute Gasteiger partial charge is 0.471 e. The number of urea groups is 1. The van der Waals surface area contributed by atoms with E-state index in [9.17, 15) is 32.7 Å². The summed E-state index contributed by atoms with van der Waals surface area (Å²) < 4.78 is 66.6. The van der Waals surface area contributed by atoms with E-state index in [0.717, 1.165) is 4.90 Å². The van der Waals surface area contributed by atoms with Crippen molar-refractivity contribution in [2.45, 2.75) is 42.8 Å². The minimum atomic E-state index is -5.23. The number of aliphatic hydroxyl groups excluding tert-OH is 1. The molecular weight excluding hydrogens is 745 g/mol. The SMILES string of the molecule is COc1ccc(C(OC[C@@]23CN(C(=O)C(F)(F)F)C[C@@H]([C@H](N4C=C(C)C(NC(=O)c5ccccc5)NC4=O)O2)[C@@H]3O)(c2ccccc2)c2ccc(OC)cc2)cc1. The Morgan fingerprint density at radius 2 is 1.42 bits per heavy atom. The van der Waals surface area contributed by atoms with Gasteiger partial charge in [0.05, 0.1) is 39.4 Å². The van der Waals surface area contributed by atoms with Crippen LogP contribution >= 0.6 is 0 Å². The van der Waals surface area contributed by atoms with Gasteiger partial charge in [-0.2, -0.15) is 13.2 Å². The second-order valence-corrected chi connectivity index (χ2v) is 14.2. The van der Waals surface area contributed by atoms with Crippen LogP contribution in [-0.2, 0) is 19.9 Å². The summed E-state index contributed by atoms with van der Waals surface area (Å²) in [7, 11) is 3.06. The highest BCUT2D eigenvalue weighted by atomic mass is 19.4. The van der Waals surface area contributed by atoms with Crippen LogP contribution in [0.1, 0.15) is 34.0 Å². The molecule has 1 unspecified atom stereocenters. The second-order valence-electron chi connectivity index (χ2n) is 14.2. The van der Waals surface area contributed by atoms with Crippen molar-refractivity contribution in [2.24, 2.45) is 5.92 Å². The third-order valence-corrected chi connectivity index (χ3v) is 10.7. The van der Waals surface area contributed by atoms with Crippen LogP contribution in [0.25, 0.3) is 0 Å². The van der Waals surface area contributed by atoms with Crippen molar-refractivity contribution in [3.63, 3.8) is 0 Å². The molecule has 0 aromatic heterocycles. The van der Waals surface area contributed by atoms with Gasteiger partial charge < -0.3 is 39.6 Å². The number of nitrogens with zero attached hydrogens (tertiary/aromatic N) is 2. The van der Waals surface area contributed by atoms with Crippen LogP contribution in [0.5, 0.6) is 11.5 Å². The van der Waals surface area contributed by atoms with Gasteiger partial charge in [0, 0.05) is 18.3 Å². The van der Waals surface area contributed by atoms with Gasteiger partial charge in [-0.15, -0.1) is 0 Å². The van der Waals surface area contributed by atoms with Gasteiger partial charge in [-0.25, -0.2) is 4.79 Å². The molecule has 2 saturated heterocycles. The molecule has 57 heavy (non-hydrogen) atoms. The van der Waals surface area contributed by atoms with E-state index < -0.39 is 79.3 Å². The lowest BCUT2D eigenvalue weighted by atomic mass is 9.79. The van der Waals surface area contributed by atoms with Crippen molar-refractivity contribution < 1.29 is 51.6 Å². The number of benzene rings is 4. The minimum absolute atomic E-state index is 0.366. The van der Waals surface area contributed by atoms with Gasteiger partial charge in [0.15, 0.2) is 0 Å². The van der Waals surface area contributed by atoms with Crippen LogP contribution in [0.2, 0.25) is 0 Å². The molecule has 7 rings (SSSR count). The molecule has 0 aliphatic carbocycles. The van der Waals surface area contributed by atoms with Gasteiger partial charge in [-0.3, -0.25) is 14.5 Å². The average molecular weight is 787 g/mol. The van der Waals surface area contributed by atoms with Crippen LogP contribution in [0.4, 0.5) is 18.0 Å². The van der Waals surface area contributed by atoms with Crippen LogP contribution in [0, 0.1) is 5.92 Å². The third kappa shape index (κ3) is 7.41. The van der Waals surface area contributed by atoms with Gasteiger partial charge >= 0.3 is 18.1 Å². The fourth-order valence-corrected chi connectivity index (χ4v) is 7.78. The quantitative estimate of drug-likeness (QED) is 0.177. The lowest BCUT2D eigenvalue weighted by molar-refractivity contribution is -0.201. The summed E-state index contributed by atoms with van der Waals surface area (Å²) in [5.74, 6) is -2.64. The predicted octanol–water partition coefficient (Wildman–Crippen LogP) is 5.17. The molecule has 2 bridgehead atoms. The first kappa shape index (κ1) is 39.3. The zero-order valence-corrected chi connectivity index (χ0v) is 31.2. The molecule has 0 radical (unpaired) electrons. The highest BCUT2D eigenvalue weighted by Gasteiger charge is 2.64. The maximum atomic E-state index is 14.1. The number of carbonyl (C=O) groups is 3. The second kappa shape index (κ2) is 15.6. The van der Waals surface area contributed by atoms with Crippen molar-refractivity contribution >= 4 is 17.8 Å². The number of amides is 4. The van der Waals surface area contributed by atoms with Gasteiger partial charge in [0.25, 0.3) is 5.91 Å². The number of piperidine rings is 1. The van der Waals surface area contributed by atoms with Crippen molar-refractivity contribution in [3.05, 3.63) is 143 Å². The summed E-state index contributed by atoms with van der Waals surface area (Å²) in [5.41, 5.74) is -0.756. The summed E-state index contributed by atoms with van der Waals surface area (Å²) in [6.45, 7) is -0.166. The van der Waals surface area contributed by atoms with Crippen LogP contribution < -0.4 is 20.1 Å². The minimum Gasteiger partial charge on any atom is -0.497 e. The zero-order chi connectivity index (χ0) is 40.5. The number of alkyl halides is 3. The maximum Gasteiger partial charge on any atom is 0.471 e. The van der Waals surface area contributed by atoms with Gasteiger partial charge in [-0.05, 0) is 65.6 Å². The fourth-order valence-electron chi connectivity index (χ4n) is 7.78. The third-order valence-electron chi connectivity index (χ3n) is 10.7. The Labute approximate surface area is 326 Å². The molecule has 0 saturated carbocycles. The Balaban J connectivity index is 1.28. The first-order valence-electron chi connectivity index (χ1n) is 18.1. The topological polar surface area (TPSA) is 139 Å². The maximum absolute atomic E-state index is 14.1. The molecule has 5 atom stereocenters. The summed E-state index contributed by atoms with van der Waals surface area (Å²) in [6.07, 6.45) is -7.59. The van der Waals surface area contributed by atoms with E-state index in [1.165, 1.54) is 20.4 Å². The van der Waals surface area contributed by atoms with Crippen molar-refractivity contribution in [1.82, 2.24) is 20.4 Å². The Morgan fingerprint density at radius 3 is 1.96 bits per heavy atom. The number of aliphatic hydroxyl groups is 1. The summed E-state index contributed by atoms with van der Waals surface area (Å²) in [4.78, 5) is 41.3. The number of likely N-dealkylation sites (tertiary alicyclic amines) is 1. The van der Waals surface area contributed by atoms with E-state index >= 15 is 0 Å². The van der Waals surface area contributed by atoms with E-state index in [1.807, 2.05) is 30.3 Å². The number of carbonyl (C=O) groups excluding carboxylic acids is 3. The van der Waals surface area contributed by atoms with Crippen molar-refractivity contribution in [1.29, 1.82) is 0 Å². The lowest BCUT2D eigenvalue weighted by Gasteiger charge is -2.44. The Bertz CT molecular complexity index is 2070. The standard InChI is InChI=1S/C42H41F3N4O8/c1-26-22-49(39(53)47-35(26)46-36(51)27-10-6-4-7-11-27)37-33-23-48(38(52)42(43,44)45)24-40(57-37,34(33)50)25-56-41(28-12-8-5-9-13-28,29-14-18-31(54-2)19-15-29)30-16-20-32(55-3)21-17-30/h4-22,33-35,37,50H,23-25H2,1-3H3,(H,46,51)(H,47,53)/t33-,34+,35?,37-,40-/m1/s1. The molecule has 15 heteroatoms. The molecular formula is C42H41F3N4O8. The number of hydrogen-bond acceptors (Lipinski definition) is 8. The number of fused-ring (bicyclic) bond motifs is 2.